The van der Waals surface area contributed by atoms with Gasteiger partial charge in [-0.15, -0.1) is 11.3 Å². The summed E-state index contributed by atoms with van der Waals surface area (Å²) in [5, 5.41) is 9.00. The second-order valence-electron chi connectivity index (χ2n) is 5.80. The van der Waals surface area contributed by atoms with E-state index in [9.17, 15) is 4.79 Å². The third kappa shape index (κ3) is 2.63. The fraction of sp³-hybridized carbons (Fsp3) is 0.467. The Morgan fingerprint density at radius 3 is 3.26 bits per heavy atom. The van der Waals surface area contributed by atoms with Crippen LogP contribution >= 0.6 is 11.3 Å². The molecule has 1 fully saturated rings. The molecule has 23 heavy (non-hydrogen) atoms. The molecule has 0 saturated carbocycles. The third-order valence-electron chi connectivity index (χ3n) is 4.19. The van der Waals surface area contributed by atoms with Gasteiger partial charge in [-0.25, -0.2) is 4.98 Å². The van der Waals surface area contributed by atoms with E-state index in [0.717, 1.165) is 42.2 Å². The molecule has 0 bridgehead atoms. The highest BCUT2D eigenvalue weighted by molar-refractivity contribution is 7.15. The van der Waals surface area contributed by atoms with Gasteiger partial charge >= 0.3 is 0 Å². The number of aryl methyl sites for hydroxylation is 1. The molecule has 0 aromatic carbocycles. The van der Waals surface area contributed by atoms with Gasteiger partial charge < -0.3 is 9.84 Å². The normalized spacial score (nSPS) is 19.0. The van der Waals surface area contributed by atoms with E-state index in [1.807, 2.05) is 22.9 Å². The Morgan fingerprint density at radius 1 is 1.43 bits per heavy atom. The van der Waals surface area contributed by atoms with Gasteiger partial charge in [-0.05, 0) is 19.8 Å². The molecule has 3 aromatic heterocycles. The zero-order valence-electron chi connectivity index (χ0n) is 12.8. The molecule has 0 spiro atoms. The SMILES string of the molecule is Cc1nc2sccn2c1-c1noc(CC2CCCCNC2=O)n1. The lowest BCUT2D eigenvalue weighted by atomic mass is 9.99. The van der Waals surface area contributed by atoms with Crippen LogP contribution in [0.3, 0.4) is 0 Å². The van der Waals surface area contributed by atoms with Crippen molar-refractivity contribution in [2.75, 3.05) is 6.54 Å². The van der Waals surface area contributed by atoms with Gasteiger partial charge in [0.25, 0.3) is 0 Å². The van der Waals surface area contributed by atoms with E-state index in [4.69, 9.17) is 4.52 Å². The summed E-state index contributed by atoms with van der Waals surface area (Å²) in [7, 11) is 0. The number of thiazole rings is 1. The lowest BCUT2D eigenvalue weighted by Crippen LogP contribution is -2.30. The number of fused-ring (bicyclic) bond motifs is 1. The maximum absolute atomic E-state index is 12.0. The molecule has 3 aromatic rings. The van der Waals surface area contributed by atoms with Gasteiger partial charge in [-0.1, -0.05) is 11.6 Å². The highest BCUT2D eigenvalue weighted by Crippen LogP contribution is 2.25. The van der Waals surface area contributed by atoms with Gasteiger partial charge in [-0.2, -0.15) is 4.98 Å². The van der Waals surface area contributed by atoms with E-state index >= 15 is 0 Å². The molecule has 1 aliphatic heterocycles. The minimum atomic E-state index is -0.0847. The van der Waals surface area contributed by atoms with Crippen LogP contribution in [-0.2, 0) is 11.2 Å². The molecule has 1 unspecified atom stereocenters. The molecule has 120 valence electrons. The van der Waals surface area contributed by atoms with Crippen molar-refractivity contribution in [3.8, 4) is 11.5 Å². The number of aromatic nitrogens is 4. The fourth-order valence-corrected chi connectivity index (χ4v) is 3.77. The predicted octanol–water partition coefficient (Wildman–Crippen LogP) is 2.21. The van der Waals surface area contributed by atoms with Crippen LogP contribution in [0.1, 0.15) is 30.8 Å². The molecule has 7 nitrogen and oxygen atoms in total. The summed E-state index contributed by atoms with van der Waals surface area (Å²) in [5.74, 6) is 1.03. The molecule has 1 amide bonds. The zero-order valence-corrected chi connectivity index (χ0v) is 13.6. The van der Waals surface area contributed by atoms with Gasteiger partial charge in [0, 0.05) is 30.5 Å². The number of nitrogens with one attached hydrogen (secondary N) is 1. The van der Waals surface area contributed by atoms with Crippen molar-refractivity contribution in [3.63, 3.8) is 0 Å². The first-order valence-electron chi connectivity index (χ1n) is 7.75. The molecule has 4 rings (SSSR count). The smallest absolute Gasteiger partial charge is 0.227 e. The van der Waals surface area contributed by atoms with E-state index < -0.39 is 0 Å². The van der Waals surface area contributed by atoms with Crippen LogP contribution in [0.4, 0.5) is 0 Å². The van der Waals surface area contributed by atoms with Gasteiger partial charge in [0.15, 0.2) is 4.96 Å². The first kappa shape index (κ1) is 14.4. The Kier molecular flexibility index (Phi) is 3.60. The van der Waals surface area contributed by atoms with Crippen molar-refractivity contribution in [2.24, 2.45) is 5.92 Å². The monoisotopic (exact) mass is 331 g/mol. The van der Waals surface area contributed by atoms with Crippen molar-refractivity contribution in [3.05, 3.63) is 23.2 Å². The van der Waals surface area contributed by atoms with Crippen molar-refractivity contribution in [1.29, 1.82) is 0 Å². The quantitative estimate of drug-likeness (QED) is 0.795. The number of hydrogen-bond acceptors (Lipinski definition) is 6. The van der Waals surface area contributed by atoms with Crippen LogP contribution in [0.5, 0.6) is 0 Å². The summed E-state index contributed by atoms with van der Waals surface area (Å²) >= 11 is 1.57. The average molecular weight is 331 g/mol. The van der Waals surface area contributed by atoms with Gasteiger partial charge in [0.1, 0.15) is 5.69 Å². The molecule has 1 N–H and O–H groups in total. The first-order valence-corrected chi connectivity index (χ1v) is 8.63. The number of carbonyl (C=O) groups excluding carboxylic acids is 1. The molecule has 1 atom stereocenters. The average Bonchev–Trinajstić information content (AvgIpc) is 3.18. The number of hydrogen-bond donors (Lipinski definition) is 1. The molecule has 0 aliphatic carbocycles. The van der Waals surface area contributed by atoms with Crippen LogP contribution in [0, 0.1) is 12.8 Å². The second kappa shape index (κ2) is 5.77. The minimum absolute atomic E-state index is 0.0847. The minimum Gasteiger partial charge on any atom is -0.356 e. The van der Waals surface area contributed by atoms with Crippen molar-refractivity contribution in [1.82, 2.24) is 24.8 Å². The molecule has 1 aliphatic rings. The second-order valence-corrected chi connectivity index (χ2v) is 6.67. The molecule has 4 heterocycles. The topological polar surface area (TPSA) is 85.3 Å². The van der Waals surface area contributed by atoms with Crippen molar-refractivity contribution >= 4 is 22.2 Å². The number of nitrogens with zero attached hydrogens (tertiary/aromatic N) is 4. The standard InChI is InChI=1S/C15H17N5O2S/c1-9-12(20-6-7-23-15(20)17-9)13-18-11(22-19-13)8-10-4-2-3-5-16-14(10)21/h6-7,10H,2-5,8H2,1H3,(H,16,21). The Labute approximate surface area is 136 Å². The summed E-state index contributed by atoms with van der Waals surface area (Å²) < 4.78 is 7.35. The van der Waals surface area contributed by atoms with Crippen LogP contribution < -0.4 is 5.32 Å². The summed E-state index contributed by atoms with van der Waals surface area (Å²) in [6.45, 7) is 2.69. The fourth-order valence-electron chi connectivity index (χ4n) is 3.01. The number of amides is 1. The van der Waals surface area contributed by atoms with Crippen LogP contribution in [-0.4, -0.2) is 32.0 Å². The largest absolute Gasteiger partial charge is 0.356 e. The lowest BCUT2D eigenvalue weighted by Gasteiger charge is -2.09. The number of carbonyl (C=O) groups is 1. The Hall–Kier alpha value is -2.22. The third-order valence-corrected chi connectivity index (χ3v) is 4.94. The predicted molar refractivity (Wildman–Crippen MR) is 85.2 cm³/mol. The Morgan fingerprint density at radius 2 is 2.35 bits per heavy atom. The van der Waals surface area contributed by atoms with E-state index in [1.54, 1.807) is 11.3 Å². The Bertz CT molecular complexity index is 849. The van der Waals surface area contributed by atoms with Crippen LogP contribution in [0.15, 0.2) is 16.1 Å². The highest BCUT2D eigenvalue weighted by atomic mass is 32.1. The van der Waals surface area contributed by atoms with E-state index in [2.05, 4.69) is 20.4 Å². The first-order chi connectivity index (χ1) is 11.2. The summed E-state index contributed by atoms with van der Waals surface area (Å²) in [5.41, 5.74) is 1.72. The van der Waals surface area contributed by atoms with E-state index in [0.29, 0.717) is 18.1 Å². The van der Waals surface area contributed by atoms with Gasteiger partial charge in [-0.3, -0.25) is 9.20 Å². The molecular formula is C15H17N5O2S. The van der Waals surface area contributed by atoms with Crippen LogP contribution in [0.25, 0.3) is 16.5 Å². The highest BCUT2D eigenvalue weighted by Gasteiger charge is 2.24. The van der Waals surface area contributed by atoms with Gasteiger partial charge in [0.05, 0.1) is 5.69 Å². The maximum atomic E-state index is 12.0. The van der Waals surface area contributed by atoms with Gasteiger partial charge in [0.2, 0.25) is 17.6 Å². The summed E-state index contributed by atoms with van der Waals surface area (Å²) in [6.07, 6.45) is 5.38. The zero-order chi connectivity index (χ0) is 15.8. The van der Waals surface area contributed by atoms with Crippen molar-refractivity contribution < 1.29 is 9.32 Å². The lowest BCUT2D eigenvalue weighted by molar-refractivity contribution is -0.124. The van der Waals surface area contributed by atoms with Crippen molar-refractivity contribution in [2.45, 2.75) is 32.6 Å². The molecule has 0 radical (unpaired) electrons. The Balaban J connectivity index is 1.60. The van der Waals surface area contributed by atoms with Crippen LogP contribution in [0.2, 0.25) is 0 Å². The number of imidazole rings is 1. The maximum Gasteiger partial charge on any atom is 0.227 e. The summed E-state index contributed by atoms with van der Waals surface area (Å²) in [6, 6.07) is 0. The van der Waals surface area contributed by atoms with E-state index in [1.165, 1.54) is 0 Å². The molecule has 1 saturated heterocycles. The summed E-state index contributed by atoms with van der Waals surface area (Å²) in [4.78, 5) is 21.9. The number of rotatable bonds is 3. The molecular weight excluding hydrogens is 314 g/mol. The van der Waals surface area contributed by atoms with E-state index in [-0.39, 0.29) is 11.8 Å². The molecule has 8 heteroatoms.